The Bertz CT molecular complexity index is 862. The molecule has 1 spiro atoms. The van der Waals surface area contributed by atoms with E-state index in [2.05, 4.69) is 4.98 Å². The molecule has 0 radical (unpaired) electrons. The lowest BCUT2D eigenvalue weighted by molar-refractivity contribution is -0.133. The topological polar surface area (TPSA) is 72.0 Å². The number of carbonyl (C=O) groups excluding carboxylic acids is 2. The van der Waals surface area contributed by atoms with Gasteiger partial charge in [-0.1, -0.05) is 18.2 Å². The van der Waals surface area contributed by atoms with E-state index in [0.717, 1.165) is 16.5 Å². The molecule has 8 heteroatoms. The van der Waals surface area contributed by atoms with E-state index < -0.39 is 5.60 Å². The SMILES string of the molecule is Cc1nc(CC(=O)N2CCC3(CC2)CN(CCOc2ccccc2)C(=O)O3)cs1. The molecule has 0 N–H and O–H groups in total. The highest BCUT2D eigenvalue weighted by Crippen LogP contribution is 2.33. The van der Waals surface area contributed by atoms with Gasteiger partial charge < -0.3 is 19.3 Å². The Morgan fingerprint density at radius 2 is 2.03 bits per heavy atom. The number of amides is 2. The molecule has 0 aliphatic carbocycles. The predicted octanol–water partition coefficient (Wildman–Crippen LogP) is 2.89. The first-order chi connectivity index (χ1) is 14.0. The van der Waals surface area contributed by atoms with Crippen LogP contribution < -0.4 is 4.74 Å². The van der Waals surface area contributed by atoms with Gasteiger partial charge in [-0.05, 0) is 19.1 Å². The number of aryl methyl sites for hydroxylation is 1. The zero-order valence-corrected chi connectivity index (χ0v) is 17.3. The van der Waals surface area contributed by atoms with Crippen LogP contribution >= 0.6 is 11.3 Å². The van der Waals surface area contributed by atoms with E-state index in [1.54, 1.807) is 16.2 Å². The zero-order chi connectivity index (χ0) is 20.3. The lowest BCUT2D eigenvalue weighted by Crippen LogP contribution is -2.49. The fourth-order valence-corrected chi connectivity index (χ4v) is 4.45. The van der Waals surface area contributed by atoms with Gasteiger partial charge >= 0.3 is 6.09 Å². The maximum atomic E-state index is 12.5. The molecule has 0 saturated carbocycles. The van der Waals surface area contributed by atoms with E-state index in [1.807, 2.05) is 47.5 Å². The Morgan fingerprint density at radius 3 is 2.72 bits per heavy atom. The summed E-state index contributed by atoms with van der Waals surface area (Å²) >= 11 is 1.56. The van der Waals surface area contributed by atoms with Crippen LogP contribution in [0.2, 0.25) is 0 Å². The van der Waals surface area contributed by atoms with E-state index in [-0.39, 0.29) is 12.0 Å². The van der Waals surface area contributed by atoms with Crippen LogP contribution in [0.4, 0.5) is 4.79 Å². The summed E-state index contributed by atoms with van der Waals surface area (Å²) in [7, 11) is 0. The molecule has 3 heterocycles. The number of rotatable bonds is 6. The second-order valence-corrected chi connectivity index (χ2v) is 8.61. The first-order valence-electron chi connectivity index (χ1n) is 9.88. The van der Waals surface area contributed by atoms with E-state index >= 15 is 0 Å². The van der Waals surface area contributed by atoms with Crippen LogP contribution in [-0.4, -0.2) is 65.2 Å². The minimum atomic E-state index is -0.488. The van der Waals surface area contributed by atoms with E-state index in [1.165, 1.54) is 0 Å². The third-order valence-electron chi connectivity index (χ3n) is 5.44. The molecule has 0 atom stereocenters. The van der Waals surface area contributed by atoms with Crippen LogP contribution in [0.15, 0.2) is 35.7 Å². The van der Waals surface area contributed by atoms with Crippen LogP contribution in [0.1, 0.15) is 23.5 Å². The van der Waals surface area contributed by atoms with Gasteiger partial charge in [0.15, 0.2) is 0 Å². The smallest absolute Gasteiger partial charge is 0.410 e. The Balaban J connectivity index is 1.25. The average Bonchev–Trinajstić information content (AvgIpc) is 3.26. The second-order valence-electron chi connectivity index (χ2n) is 7.55. The van der Waals surface area contributed by atoms with Crippen LogP contribution in [0.3, 0.4) is 0 Å². The molecule has 0 unspecified atom stereocenters. The van der Waals surface area contributed by atoms with E-state index in [9.17, 15) is 9.59 Å². The van der Waals surface area contributed by atoms with Gasteiger partial charge in [-0.3, -0.25) is 4.79 Å². The molecule has 2 saturated heterocycles. The van der Waals surface area contributed by atoms with Crippen molar-refractivity contribution in [2.45, 2.75) is 31.8 Å². The van der Waals surface area contributed by atoms with Crippen molar-refractivity contribution in [1.29, 1.82) is 0 Å². The molecule has 2 aromatic rings. The number of para-hydroxylation sites is 1. The molecule has 7 nitrogen and oxygen atoms in total. The number of likely N-dealkylation sites (tertiary alicyclic amines) is 1. The van der Waals surface area contributed by atoms with Crippen molar-refractivity contribution in [2.75, 3.05) is 32.8 Å². The maximum absolute atomic E-state index is 12.5. The molecule has 2 fully saturated rings. The highest BCUT2D eigenvalue weighted by Gasteiger charge is 2.47. The Kier molecular flexibility index (Phi) is 5.71. The van der Waals surface area contributed by atoms with Gasteiger partial charge in [0.25, 0.3) is 0 Å². The summed E-state index contributed by atoms with van der Waals surface area (Å²) in [5.41, 5.74) is 0.340. The number of hydrogen-bond acceptors (Lipinski definition) is 6. The highest BCUT2D eigenvalue weighted by molar-refractivity contribution is 7.09. The minimum absolute atomic E-state index is 0.0857. The number of thiazole rings is 1. The minimum Gasteiger partial charge on any atom is -0.492 e. The monoisotopic (exact) mass is 415 g/mol. The molecule has 1 aromatic heterocycles. The summed E-state index contributed by atoms with van der Waals surface area (Å²) < 4.78 is 11.4. The molecule has 4 rings (SSSR count). The number of ether oxygens (including phenoxy) is 2. The molecule has 0 bridgehead atoms. The average molecular weight is 416 g/mol. The lowest BCUT2D eigenvalue weighted by Gasteiger charge is -2.37. The fourth-order valence-electron chi connectivity index (χ4n) is 3.84. The van der Waals surface area contributed by atoms with Crippen molar-refractivity contribution >= 4 is 23.3 Å². The number of nitrogens with zero attached hydrogens (tertiary/aromatic N) is 3. The van der Waals surface area contributed by atoms with Crippen molar-refractivity contribution in [3.8, 4) is 5.75 Å². The third-order valence-corrected chi connectivity index (χ3v) is 6.26. The number of carbonyl (C=O) groups is 2. The van der Waals surface area contributed by atoms with Crippen molar-refractivity contribution in [2.24, 2.45) is 0 Å². The number of piperidine rings is 1. The van der Waals surface area contributed by atoms with Gasteiger partial charge in [-0.2, -0.15) is 0 Å². The van der Waals surface area contributed by atoms with Gasteiger partial charge in [0.05, 0.1) is 30.2 Å². The van der Waals surface area contributed by atoms with Crippen LogP contribution in [0, 0.1) is 6.92 Å². The molecular formula is C21H25N3O4S. The molecule has 2 amide bonds. The van der Waals surface area contributed by atoms with Crippen molar-refractivity contribution in [1.82, 2.24) is 14.8 Å². The third kappa shape index (κ3) is 4.70. The Labute approximate surface area is 174 Å². The quantitative estimate of drug-likeness (QED) is 0.725. The van der Waals surface area contributed by atoms with Crippen LogP contribution in [0.25, 0.3) is 0 Å². The zero-order valence-electron chi connectivity index (χ0n) is 16.5. The standard InChI is InChI=1S/C21H25N3O4S/c1-16-22-17(14-29-16)13-19(25)23-9-7-21(8-10-23)15-24(20(26)28-21)11-12-27-18-5-3-2-4-6-18/h2-6,14H,7-13,15H2,1H3. The molecule has 1 aromatic carbocycles. The van der Waals surface area contributed by atoms with E-state index in [0.29, 0.717) is 52.0 Å². The summed E-state index contributed by atoms with van der Waals surface area (Å²) in [4.78, 5) is 32.8. The largest absolute Gasteiger partial charge is 0.492 e. The first-order valence-corrected chi connectivity index (χ1v) is 10.8. The number of hydrogen-bond donors (Lipinski definition) is 0. The first kappa shape index (κ1) is 19.7. The van der Waals surface area contributed by atoms with Crippen molar-refractivity contribution in [3.63, 3.8) is 0 Å². The summed E-state index contributed by atoms with van der Waals surface area (Å²) in [5.74, 6) is 0.875. The van der Waals surface area contributed by atoms with Crippen molar-refractivity contribution in [3.05, 3.63) is 46.4 Å². The molecule has 29 heavy (non-hydrogen) atoms. The van der Waals surface area contributed by atoms with Crippen LogP contribution in [0.5, 0.6) is 5.75 Å². The lowest BCUT2D eigenvalue weighted by atomic mass is 9.91. The number of aromatic nitrogens is 1. The fraction of sp³-hybridized carbons (Fsp3) is 0.476. The summed E-state index contributed by atoms with van der Waals surface area (Å²) in [6.07, 6.45) is 1.37. The molecule has 154 valence electrons. The molecular weight excluding hydrogens is 390 g/mol. The van der Waals surface area contributed by atoms with Crippen molar-refractivity contribution < 1.29 is 19.1 Å². The summed E-state index contributed by atoms with van der Waals surface area (Å²) in [6.45, 7) is 4.60. The van der Waals surface area contributed by atoms with E-state index in [4.69, 9.17) is 9.47 Å². The summed E-state index contributed by atoms with van der Waals surface area (Å²) in [5, 5.41) is 2.91. The molecule has 2 aliphatic rings. The number of benzene rings is 1. The Hall–Kier alpha value is -2.61. The van der Waals surface area contributed by atoms with Gasteiger partial charge in [-0.15, -0.1) is 11.3 Å². The van der Waals surface area contributed by atoms with Gasteiger partial charge in [0.1, 0.15) is 18.0 Å². The maximum Gasteiger partial charge on any atom is 0.410 e. The van der Waals surface area contributed by atoms with Gasteiger partial charge in [0, 0.05) is 31.3 Å². The Morgan fingerprint density at radius 1 is 1.28 bits per heavy atom. The van der Waals surface area contributed by atoms with Gasteiger partial charge in [0.2, 0.25) is 5.91 Å². The molecule has 2 aliphatic heterocycles. The summed E-state index contributed by atoms with van der Waals surface area (Å²) in [6, 6.07) is 9.55. The van der Waals surface area contributed by atoms with Crippen LogP contribution in [-0.2, 0) is 16.0 Å². The highest BCUT2D eigenvalue weighted by atomic mass is 32.1. The normalized spacial score (nSPS) is 18.2. The van der Waals surface area contributed by atoms with Gasteiger partial charge in [-0.25, -0.2) is 9.78 Å². The second kappa shape index (κ2) is 8.41. The predicted molar refractivity (Wildman–Crippen MR) is 109 cm³/mol.